The summed E-state index contributed by atoms with van der Waals surface area (Å²) in [5, 5.41) is 3.21. The molecule has 2 heteroatoms. The highest BCUT2D eigenvalue weighted by molar-refractivity contribution is 6.90. The van der Waals surface area contributed by atoms with Crippen LogP contribution in [0.4, 0.5) is 0 Å². The van der Waals surface area contributed by atoms with E-state index in [1.807, 2.05) is 0 Å². The Balaban J connectivity index is 1.84. The van der Waals surface area contributed by atoms with E-state index in [0.717, 1.165) is 0 Å². The van der Waals surface area contributed by atoms with Crippen LogP contribution < -0.4 is 10.4 Å². The Kier molecular flexibility index (Phi) is 5.82. The number of benzene rings is 2. The number of hydrogen-bond acceptors (Lipinski definition) is 0. The van der Waals surface area contributed by atoms with Crippen molar-refractivity contribution in [3.63, 3.8) is 0 Å². The van der Waals surface area contributed by atoms with Gasteiger partial charge in [-0.1, -0.05) is 122 Å². The maximum atomic E-state index is 2.52. The summed E-state index contributed by atoms with van der Waals surface area (Å²) in [5.41, 5.74) is 0. The van der Waals surface area contributed by atoms with Gasteiger partial charge in [0.05, 0.1) is 16.1 Å². The van der Waals surface area contributed by atoms with Crippen LogP contribution in [0.2, 0.25) is 38.3 Å². The van der Waals surface area contributed by atoms with Crippen molar-refractivity contribution in [2.45, 2.75) is 51.1 Å². The normalized spacial score (nSPS) is 12.4. The lowest BCUT2D eigenvalue weighted by Gasteiger charge is -2.25. The number of hydrogen-bond donors (Lipinski definition) is 0. The molecular weight excluding hydrogens is 296 g/mol. The maximum Gasteiger partial charge on any atom is 0.0806 e. The second-order valence-corrected chi connectivity index (χ2v) is 17.4. The molecule has 2 aromatic carbocycles. The van der Waals surface area contributed by atoms with Gasteiger partial charge in [-0.25, -0.2) is 0 Å². The monoisotopic (exact) mass is 326 g/mol. The summed E-state index contributed by atoms with van der Waals surface area (Å²) in [4.78, 5) is 0. The van der Waals surface area contributed by atoms with E-state index in [9.17, 15) is 0 Å². The Hall–Kier alpha value is -1.13. The van der Waals surface area contributed by atoms with Crippen molar-refractivity contribution < 1.29 is 0 Å². The minimum atomic E-state index is -1.24. The lowest BCUT2D eigenvalue weighted by atomic mass is 10.4. The van der Waals surface area contributed by atoms with Crippen LogP contribution in [0.5, 0.6) is 0 Å². The molecule has 118 valence electrons. The molecule has 0 spiro atoms. The molecule has 22 heavy (non-hydrogen) atoms. The molecule has 0 aromatic heterocycles. The smallest absolute Gasteiger partial charge is 0.0654 e. The van der Waals surface area contributed by atoms with E-state index in [1.165, 1.54) is 24.9 Å². The van der Waals surface area contributed by atoms with Crippen molar-refractivity contribution in [3.05, 3.63) is 60.7 Å². The molecule has 0 saturated carbocycles. The average Bonchev–Trinajstić information content (AvgIpc) is 2.53. The summed E-state index contributed by atoms with van der Waals surface area (Å²) in [5.74, 6) is 0. The van der Waals surface area contributed by atoms with Crippen LogP contribution in [-0.4, -0.2) is 16.1 Å². The largest absolute Gasteiger partial charge is 0.0806 e. The minimum absolute atomic E-state index is 1.24. The van der Waals surface area contributed by atoms with Crippen LogP contribution >= 0.6 is 0 Å². The molecular formula is C20H30Si2. The minimum Gasteiger partial charge on any atom is -0.0654 e. The van der Waals surface area contributed by atoms with Crippen LogP contribution in [0.15, 0.2) is 60.7 Å². The van der Waals surface area contributed by atoms with Crippen LogP contribution in [0.25, 0.3) is 0 Å². The van der Waals surface area contributed by atoms with Crippen molar-refractivity contribution in [1.82, 2.24) is 0 Å². The molecule has 0 radical (unpaired) electrons. The fourth-order valence-corrected chi connectivity index (χ4v) is 8.24. The topological polar surface area (TPSA) is 0 Å². The van der Waals surface area contributed by atoms with Crippen molar-refractivity contribution in [3.8, 4) is 0 Å². The summed E-state index contributed by atoms with van der Waals surface area (Å²) in [6, 6.07) is 25.2. The van der Waals surface area contributed by atoms with E-state index in [4.69, 9.17) is 0 Å². The van der Waals surface area contributed by atoms with Gasteiger partial charge in [0.25, 0.3) is 0 Å². The van der Waals surface area contributed by atoms with Gasteiger partial charge in [-0.05, 0) is 0 Å². The lowest BCUT2D eigenvalue weighted by molar-refractivity contribution is 0.856. The number of rotatable bonds is 7. The summed E-state index contributed by atoms with van der Waals surface area (Å²) >= 11 is 0. The molecule has 0 N–H and O–H groups in total. The van der Waals surface area contributed by atoms with Gasteiger partial charge in [0.2, 0.25) is 0 Å². The quantitative estimate of drug-likeness (QED) is 0.496. The predicted molar refractivity (Wildman–Crippen MR) is 106 cm³/mol. The van der Waals surface area contributed by atoms with Crippen LogP contribution in [0.3, 0.4) is 0 Å². The van der Waals surface area contributed by atoms with Crippen molar-refractivity contribution >= 4 is 26.5 Å². The highest BCUT2D eigenvalue weighted by Gasteiger charge is 2.25. The van der Waals surface area contributed by atoms with E-state index in [-0.39, 0.29) is 0 Å². The molecule has 2 aromatic rings. The third-order valence-electron chi connectivity index (χ3n) is 4.96. The molecule has 2 rings (SSSR count). The van der Waals surface area contributed by atoms with Crippen LogP contribution in [-0.2, 0) is 0 Å². The van der Waals surface area contributed by atoms with E-state index < -0.39 is 16.1 Å². The molecule has 0 nitrogen and oxygen atoms in total. The zero-order valence-corrected chi connectivity index (χ0v) is 16.6. The molecule has 0 fully saturated rings. The third-order valence-corrected chi connectivity index (χ3v) is 12.0. The van der Waals surface area contributed by atoms with Crippen molar-refractivity contribution in [1.29, 1.82) is 0 Å². The summed E-state index contributed by atoms with van der Waals surface area (Å²) in [6.07, 6.45) is 2.77. The van der Waals surface area contributed by atoms with E-state index >= 15 is 0 Å². The van der Waals surface area contributed by atoms with Gasteiger partial charge in [-0.15, -0.1) is 0 Å². The highest BCUT2D eigenvalue weighted by Crippen LogP contribution is 2.19. The molecule has 0 atom stereocenters. The molecule has 0 aliphatic rings. The molecule has 0 bridgehead atoms. The maximum absolute atomic E-state index is 2.52. The first kappa shape index (κ1) is 17.2. The van der Waals surface area contributed by atoms with Crippen LogP contribution in [0, 0.1) is 0 Å². The molecule has 0 aliphatic heterocycles. The molecule has 0 aliphatic carbocycles. The molecule has 0 heterocycles. The van der Waals surface area contributed by atoms with Gasteiger partial charge in [0.1, 0.15) is 0 Å². The number of unbranched alkanes of at least 4 members (excludes halogenated alkanes) is 1. The van der Waals surface area contributed by atoms with Gasteiger partial charge >= 0.3 is 0 Å². The highest BCUT2D eigenvalue weighted by atomic mass is 28.3. The van der Waals surface area contributed by atoms with Crippen LogP contribution in [0.1, 0.15) is 12.8 Å². The van der Waals surface area contributed by atoms with E-state index in [1.54, 1.807) is 10.4 Å². The summed E-state index contributed by atoms with van der Waals surface area (Å²) < 4.78 is 0. The molecule has 0 saturated heterocycles. The summed E-state index contributed by atoms with van der Waals surface area (Å²) in [6.45, 7) is 10.1. The first-order valence-electron chi connectivity index (χ1n) is 8.53. The Bertz CT molecular complexity index is 505. The van der Waals surface area contributed by atoms with Crippen molar-refractivity contribution in [2.24, 2.45) is 0 Å². The Labute approximate surface area is 138 Å². The molecule has 0 unspecified atom stereocenters. The first-order chi connectivity index (χ1) is 10.4. The third kappa shape index (κ3) is 4.69. The fraction of sp³-hybridized carbons (Fsp3) is 0.400. The van der Waals surface area contributed by atoms with E-state index in [0.29, 0.717) is 0 Å². The average molecular weight is 327 g/mol. The lowest BCUT2D eigenvalue weighted by Crippen LogP contribution is -2.42. The van der Waals surface area contributed by atoms with Crippen molar-refractivity contribution in [2.75, 3.05) is 0 Å². The zero-order valence-electron chi connectivity index (χ0n) is 14.6. The standard InChI is InChI=1S/C20H30Si2/c1-21(2,19-13-7-5-8-14-19)17-11-12-18-22(3,4)20-15-9-6-10-16-20/h5-10,13-16H,11-12,17-18H2,1-4H3. The molecule has 0 amide bonds. The second-order valence-electron chi connectivity index (χ2n) is 7.71. The Morgan fingerprint density at radius 1 is 0.545 bits per heavy atom. The Morgan fingerprint density at radius 3 is 1.18 bits per heavy atom. The van der Waals surface area contributed by atoms with Gasteiger partial charge in [0, 0.05) is 0 Å². The Morgan fingerprint density at radius 2 is 0.864 bits per heavy atom. The van der Waals surface area contributed by atoms with Gasteiger partial charge in [0.15, 0.2) is 0 Å². The fourth-order valence-electron chi connectivity index (χ4n) is 3.20. The zero-order chi connectivity index (χ0) is 16.1. The van der Waals surface area contributed by atoms with E-state index in [2.05, 4.69) is 86.9 Å². The summed E-state index contributed by atoms with van der Waals surface area (Å²) in [7, 11) is -2.48. The van der Waals surface area contributed by atoms with Gasteiger partial charge in [-0.3, -0.25) is 0 Å². The SMILES string of the molecule is C[Si](C)(CCCC[Si](C)(C)c1ccccc1)c1ccccc1. The van der Waals surface area contributed by atoms with Gasteiger partial charge in [-0.2, -0.15) is 0 Å². The van der Waals surface area contributed by atoms with Gasteiger partial charge < -0.3 is 0 Å². The first-order valence-corrected chi connectivity index (χ1v) is 14.9. The second kappa shape index (κ2) is 7.43. The predicted octanol–water partition coefficient (Wildman–Crippen LogP) is 5.00.